The van der Waals surface area contributed by atoms with Crippen LogP contribution in [0.3, 0.4) is 0 Å². The standard InChI is InChI=1S/C19H17ClF4N2O2/c1-10(17-5-3-12(8-25-17)28-9-19(22,23)24)26-18(27)15-7-14(15)13-4-2-11(21)6-16(13)20/h2-6,8,10,14-15H,7,9H2,1H3,(H,26,27)/t10-,14?,15?/m1/s1. The molecule has 0 saturated heterocycles. The number of rotatable bonds is 6. The molecule has 1 fully saturated rings. The van der Waals surface area contributed by atoms with Gasteiger partial charge < -0.3 is 10.1 Å². The first kappa shape index (κ1) is 20.4. The van der Waals surface area contributed by atoms with Crippen molar-refractivity contribution in [1.29, 1.82) is 0 Å². The average molecular weight is 417 g/mol. The second-order valence-electron chi connectivity index (χ2n) is 6.67. The van der Waals surface area contributed by atoms with Gasteiger partial charge in [-0.1, -0.05) is 17.7 Å². The predicted molar refractivity (Wildman–Crippen MR) is 94.6 cm³/mol. The molecule has 0 bridgehead atoms. The van der Waals surface area contributed by atoms with Crippen molar-refractivity contribution in [3.8, 4) is 5.75 Å². The normalized spacial score (nSPS) is 19.8. The van der Waals surface area contributed by atoms with E-state index in [0.717, 1.165) is 5.56 Å². The molecule has 0 aliphatic heterocycles. The monoisotopic (exact) mass is 416 g/mol. The minimum atomic E-state index is -4.42. The molecule has 1 heterocycles. The van der Waals surface area contributed by atoms with Crippen molar-refractivity contribution in [2.75, 3.05) is 6.61 Å². The molecule has 150 valence electrons. The lowest BCUT2D eigenvalue weighted by atomic mass is 10.1. The van der Waals surface area contributed by atoms with E-state index in [4.69, 9.17) is 11.6 Å². The molecule has 0 spiro atoms. The van der Waals surface area contributed by atoms with Crippen LogP contribution < -0.4 is 10.1 Å². The van der Waals surface area contributed by atoms with Crippen molar-refractivity contribution in [2.24, 2.45) is 5.92 Å². The van der Waals surface area contributed by atoms with E-state index in [1.807, 2.05) is 0 Å². The molecule has 2 unspecified atom stereocenters. The zero-order chi connectivity index (χ0) is 20.5. The Morgan fingerprint density at radius 2 is 2.11 bits per heavy atom. The summed E-state index contributed by atoms with van der Waals surface area (Å²) in [6, 6.07) is 6.55. The molecule has 1 N–H and O–H groups in total. The van der Waals surface area contributed by atoms with E-state index < -0.39 is 24.6 Å². The van der Waals surface area contributed by atoms with Crippen LogP contribution in [0.1, 0.15) is 36.6 Å². The molecule has 4 nitrogen and oxygen atoms in total. The summed E-state index contributed by atoms with van der Waals surface area (Å²) in [4.78, 5) is 16.5. The van der Waals surface area contributed by atoms with E-state index >= 15 is 0 Å². The fourth-order valence-electron chi connectivity index (χ4n) is 2.92. The number of amides is 1. The van der Waals surface area contributed by atoms with E-state index in [-0.39, 0.29) is 23.5 Å². The Morgan fingerprint density at radius 3 is 2.71 bits per heavy atom. The Hall–Kier alpha value is -2.35. The third-order valence-corrected chi connectivity index (χ3v) is 4.78. The summed E-state index contributed by atoms with van der Waals surface area (Å²) in [6.45, 7) is 0.327. The summed E-state index contributed by atoms with van der Waals surface area (Å²) in [7, 11) is 0. The molecular weight excluding hydrogens is 400 g/mol. The van der Waals surface area contributed by atoms with E-state index in [9.17, 15) is 22.4 Å². The van der Waals surface area contributed by atoms with Crippen LogP contribution >= 0.6 is 11.6 Å². The number of alkyl halides is 3. The molecular formula is C19H17ClF4N2O2. The molecule has 3 rings (SSSR count). The van der Waals surface area contributed by atoms with Crippen LogP contribution in [0.25, 0.3) is 0 Å². The summed E-state index contributed by atoms with van der Waals surface area (Å²) in [5.41, 5.74) is 1.23. The van der Waals surface area contributed by atoms with E-state index in [1.165, 1.54) is 30.5 Å². The number of carbonyl (C=O) groups is 1. The van der Waals surface area contributed by atoms with Gasteiger partial charge in [0, 0.05) is 10.9 Å². The van der Waals surface area contributed by atoms with Gasteiger partial charge in [-0.25, -0.2) is 4.39 Å². The van der Waals surface area contributed by atoms with Crippen LogP contribution in [0.4, 0.5) is 17.6 Å². The molecule has 28 heavy (non-hydrogen) atoms. The van der Waals surface area contributed by atoms with Gasteiger partial charge in [-0.3, -0.25) is 9.78 Å². The summed E-state index contributed by atoms with van der Waals surface area (Å²) in [6.07, 6.45) is -2.63. The van der Waals surface area contributed by atoms with Gasteiger partial charge in [0.1, 0.15) is 11.6 Å². The minimum absolute atomic E-state index is 0.00666. The lowest BCUT2D eigenvalue weighted by Gasteiger charge is -2.14. The second kappa shape index (κ2) is 7.95. The number of hydrogen-bond donors (Lipinski definition) is 1. The Bertz CT molecular complexity index is 858. The van der Waals surface area contributed by atoms with Crippen molar-refractivity contribution >= 4 is 17.5 Å². The van der Waals surface area contributed by atoms with Crippen LogP contribution in [0.15, 0.2) is 36.5 Å². The Balaban J connectivity index is 1.55. The maximum Gasteiger partial charge on any atom is 0.422 e. The van der Waals surface area contributed by atoms with Crippen molar-refractivity contribution < 1.29 is 27.1 Å². The number of ether oxygens (including phenoxy) is 1. The van der Waals surface area contributed by atoms with Crippen LogP contribution in [0, 0.1) is 11.7 Å². The van der Waals surface area contributed by atoms with E-state index in [1.54, 1.807) is 13.0 Å². The first-order chi connectivity index (χ1) is 13.1. The molecule has 1 saturated carbocycles. The third-order valence-electron chi connectivity index (χ3n) is 4.45. The maximum atomic E-state index is 13.1. The SMILES string of the molecule is C[C@@H](NC(=O)C1CC1c1ccc(F)cc1Cl)c1ccc(OCC(F)(F)F)cn1. The smallest absolute Gasteiger partial charge is 0.422 e. The van der Waals surface area contributed by atoms with Gasteiger partial charge in [0.05, 0.1) is 17.9 Å². The van der Waals surface area contributed by atoms with Crippen molar-refractivity contribution in [2.45, 2.75) is 31.5 Å². The molecule has 1 amide bonds. The van der Waals surface area contributed by atoms with Crippen molar-refractivity contribution in [3.05, 3.63) is 58.6 Å². The van der Waals surface area contributed by atoms with Gasteiger partial charge in [-0.15, -0.1) is 0 Å². The number of hydrogen-bond acceptors (Lipinski definition) is 3. The van der Waals surface area contributed by atoms with Gasteiger partial charge in [0.25, 0.3) is 0 Å². The summed E-state index contributed by atoms with van der Waals surface area (Å²) < 4.78 is 54.2. The molecule has 1 aliphatic carbocycles. The molecule has 9 heteroatoms. The van der Waals surface area contributed by atoms with Crippen LogP contribution in [0.2, 0.25) is 5.02 Å². The number of benzene rings is 1. The third kappa shape index (κ3) is 5.13. The van der Waals surface area contributed by atoms with Crippen LogP contribution in [-0.2, 0) is 4.79 Å². The fourth-order valence-corrected chi connectivity index (χ4v) is 3.23. The molecule has 1 aliphatic rings. The van der Waals surface area contributed by atoms with Crippen molar-refractivity contribution in [3.63, 3.8) is 0 Å². The van der Waals surface area contributed by atoms with E-state index in [2.05, 4.69) is 15.0 Å². The Labute approximate surface area is 163 Å². The van der Waals surface area contributed by atoms with Crippen LogP contribution in [0.5, 0.6) is 5.75 Å². The molecule has 0 radical (unpaired) electrons. The molecule has 1 aromatic carbocycles. The number of aromatic nitrogens is 1. The highest BCUT2D eigenvalue weighted by Gasteiger charge is 2.45. The van der Waals surface area contributed by atoms with Gasteiger partial charge in [-0.2, -0.15) is 13.2 Å². The first-order valence-electron chi connectivity index (χ1n) is 8.55. The highest BCUT2D eigenvalue weighted by Crippen LogP contribution is 2.50. The zero-order valence-electron chi connectivity index (χ0n) is 14.8. The highest BCUT2D eigenvalue weighted by atomic mass is 35.5. The second-order valence-corrected chi connectivity index (χ2v) is 7.07. The van der Waals surface area contributed by atoms with Gasteiger partial charge >= 0.3 is 6.18 Å². The number of pyridine rings is 1. The van der Waals surface area contributed by atoms with Gasteiger partial charge in [0.15, 0.2) is 6.61 Å². The first-order valence-corrected chi connectivity index (χ1v) is 8.92. The highest BCUT2D eigenvalue weighted by molar-refractivity contribution is 6.31. The molecule has 3 atom stereocenters. The van der Waals surface area contributed by atoms with Crippen molar-refractivity contribution in [1.82, 2.24) is 10.3 Å². The Kier molecular flexibility index (Phi) is 5.79. The largest absolute Gasteiger partial charge is 0.483 e. The molecule has 1 aromatic heterocycles. The van der Waals surface area contributed by atoms with Gasteiger partial charge in [0.2, 0.25) is 5.91 Å². The fraction of sp³-hybridized carbons (Fsp3) is 0.368. The maximum absolute atomic E-state index is 13.1. The molecule has 2 aromatic rings. The van der Waals surface area contributed by atoms with Crippen LogP contribution in [-0.4, -0.2) is 23.7 Å². The number of nitrogens with one attached hydrogen (secondary N) is 1. The topological polar surface area (TPSA) is 51.2 Å². The van der Waals surface area contributed by atoms with Gasteiger partial charge in [-0.05, 0) is 49.1 Å². The number of halogens is 5. The lowest BCUT2D eigenvalue weighted by molar-refractivity contribution is -0.153. The average Bonchev–Trinajstić information content (AvgIpc) is 3.40. The lowest BCUT2D eigenvalue weighted by Crippen LogP contribution is -2.29. The minimum Gasteiger partial charge on any atom is -0.483 e. The number of carbonyl (C=O) groups excluding carboxylic acids is 1. The summed E-state index contributed by atoms with van der Waals surface area (Å²) in [5, 5.41) is 3.12. The number of nitrogens with zero attached hydrogens (tertiary/aromatic N) is 1. The summed E-state index contributed by atoms with van der Waals surface area (Å²) >= 11 is 6.04. The Morgan fingerprint density at radius 1 is 1.36 bits per heavy atom. The van der Waals surface area contributed by atoms with E-state index in [0.29, 0.717) is 17.1 Å². The predicted octanol–water partition coefficient (Wildman–Crippen LogP) is 4.80. The summed E-state index contributed by atoms with van der Waals surface area (Å²) in [5.74, 6) is -0.950. The zero-order valence-corrected chi connectivity index (χ0v) is 15.5. The quantitative estimate of drug-likeness (QED) is 0.688.